The number of hydrogen-bond acceptors (Lipinski definition) is 6. The maximum absolute atomic E-state index is 13.1. The van der Waals surface area contributed by atoms with Crippen molar-refractivity contribution in [1.29, 1.82) is 0 Å². The first-order valence-corrected chi connectivity index (χ1v) is 10.1. The van der Waals surface area contributed by atoms with E-state index in [9.17, 15) is 4.79 Å². The number of aromatic nitrogens is 3. The number of carbonyl (C=O) groups excluding carboxylic acids is 1. The molecule has 0 aliphatic carbocycles. The van der Waals surface area contributed by atoms with Crippen molar-refractivity contribution in [2.24, 2.45) is 0 Å². The van der Waals surface area contributed by atoms with E-state index in [1.165, 1.54) is 11.8 Å². The topological polar surface area (TPSA) is 71.1 Å². The van der Waals surface area contributed by atoms with Crippen molar-refractivity contribution in [1.82, 2.24) is 20.1 Å². The first-order valence-electron chi connectivity index (χ1n) is 8.35. The van der Waals surface area contributed by atoms with Crippen LogP contribution in [-0.2, 0) is 9.53 Å². The number of ether oxygens (including phenoxy) is 1. The molecule has 26 heavy (non-hydrogen) atoms. The number of benzene rings is 1. The van der Waals surface area contributed by atoms with Gasteiger partial charge in [0.1, 0.15) is 5.25 Å². The fourth-order valence-electron chi connectivity index (χ4n) is 2.77. The summed E-state index contributed by atoms with van der Waals surface area (Å²) >= 11 is 2.98. The molecule has 2 aromatic heterocycles. The Morgan fingerprint density at radius 2 is 2.00 bits per heavy atom. The number of hydrogen-bond donors (Lipinski definition) is 1. The summed E-state index contributed by atoms with van der Waals surface area (Å²) in [5.74, 6) is 0.806. The van der Waals surface area contributed by atoms with Crippen molar-refractivity contribution in [3.63, 3.8) is 0 Å². The minimum absolute atomic E-state index is 0.0759. The number of aromatic amines is 1. The summed E-state index contributed by atoms with van der Waals surface area (Å²) in [4.78, 5) is 20.6. The predicted octanol–water partition coefficient (Wildman–Crippen LogP) is 3.23. The number of nitrogens with one attached hydrogen (secondary N) is 1. The van der Waals surface area contributed by atoms with Crippen LogP contribution in [0.15, 0.2) is 53.0 Å². The Morgan fingerprint density at radius 1 is 1.19 bits per heavy atom. The number of thioether (sulfide) groups is 1. The van der Waals surface area contributed by atoms with Gasteiger partial charge in [-0.15, -0.1) is 16.4 Å². The average Bonchev–Trinajstić information content (AvgIpc) is 3.39. The van der Waals surface area contributed by atoms with Gasteiger partial charge in [-0.1, -0.05) is 48.2 Å². The van der Waals surface area contributed by atoms with Crippen LogP contribution in [0, 0.1) is 0 Å². The zero-order valence-electron chi connectivity index (χ0n) is 14.0. The number of thiophene rings is 1. The Bertz CT molecular complexity index is 845. The molecule has 4 rings (SSSR count). The summed E-state index contributed by atoms with van der Waals surface area (Å²) in [6.07, 6.45) is 0. The third kappa shape index (κ3) is 3.82. The van der Waals surface area contributed by atoms with Gasteiger partial charge in [-0.25, -0.2) is 4.98 Å². The second kappa shape index (κ2) is 8.03. The Kier molecular flexibility index (Phi) is 5.33. The van der Waals surface area contributed by atoms with E-state index in [0.29, 0.717) is 31.5 Å². The van der Waals surface area contributed by atoms with Gasteiger partial charge >= 0.3 is 0 Å². The molecule has 1 N–H and O–H groups in total. The molecule has 0 spiro atoms. The van der Waals surface area contributed by atoms with Crippen molar-refractivity contribution in [2.75, 3.05) is 26.3 Å². The van der Waals surface area contributed by atoms with Gasteiger partial charge in [-0.2, -0.15) is 0 Å². The molecule has 1 fully saturated rings. The molecule has 1 aliphatic heterocycles. The van der Waals surface area contributed by atoms with Crippen LogP contribution in [0.3, 0.4) is 0 Å². The molecule has 134 valence electrons. The highest BCUT2D eigenvalue weighted by molar-refractivity contribution is 8.00. The summed E-state index contributed by atoms with van der Waals surface area (Å²) in [5, 5.41) is 9.47. The van der Waals surface area contributed by atoms with Gasteiger partial charge in [0.25, 0.3) is 0 Å². The lowest BCUT2D eigenvalue weighted by Gasteiger charge is -2.30. The first-order chi connectivity index (χ1) is 12.8. The van der Waals surface area contributed by atoms with E-state index in [2.05, 4.69) is 15.2 Å². The fraction of sp³-hybridized carbons (Fsp3) is 0.278. The maximum atomic E-state index is 13.1. The Hall–Kier alpha value is -2.16. The van der Waals surface area contributed by atoms with Crippen LogP contribution >= 0.6 is 23.1 Å². The number of amides is 1. The van der Waals surface area contributed by atoms with Crippen LogP contribution in [0.2, 0.25) is 0 Å². The van der Waals surface area contributed by atoms with E-state index in [4.69, 9.17) is 4.74 Å². The van der Waals surface area contributed by atoms with E-state index in [1.54, 1.807) is 11.3 Å². The van der Waals surface area contributed by atoms with Gasteiger partial charge in [0, 0.05) is 13.1 Å². The molecule has 6 nitrogen and oxygen atoms in total. The van der Waals surface area contributed by atoms with E-state index < -0.39 is 0 Å². The number of morpholine rings is 1. The molecule has 1 atom stereocenters. The van der Waals surface area contributed by atoms with Crippen molar-refractivity contribution in [2.45, 2.75) is 10.4 Å². The van der Waals surface area contributed by atoms with Crippen LogP contribution in [0.25, 0.3) is 10.7 Å². The van der Waals surface area contributed by atoms with Gasteiger partial charge < -0.3 is 9.64 Å². The molecule has 0 saturated carbocycles. The minimum atomic E-state index is -0.374. The molecular weight excluding hydrogens is 368 g/mol. The number of rotatable bonds is 5. The quantitative estimate of drug-likeness (QED) is 0.682. The summed E-state index contributed by atoms with van der Waals surface area (Å²) in [5.41, 5.74) is 0.955. The summed E-state index contributed by atoms with van der Waals surface area (Å²) in [7, 11) is 0. The molecule has 0 bridgehead atoms. The molecule has 3 heterocycles. The van der Waals surface area contributed by atoms with Crippen molar-refractivity contribution >= 4 is 29.0 Å². The molecule has 1 saturated heterocycles. The lowest BCUT2D eigenvalue weighted by molar-refractivity contribution is -0.134. The largest absolute Gasteiger partial charge is 0.378 e. The van der Waals surface area contributed by atoms with E-state index in [-0.39, 0.29) is 11.2 Å². The second-order valence-electron chi connectivity index (χ2n) is 5.79. The van der Waals surface area contributed by atoms with Crippen LogP contribution < -0.4 is 0 Å². The molecule has 0 radical (unpaired) electrons. The third-order valence-corrected chi connectivity index (χ3v) is 6.07. The average molecular weight is 387 g/mol. The molecule has 0 unspecified atom stereocenters. The standard InChI is InChI=1S/C18H18N4O2S2/c23-17(22-8-10-24-11-9-22)15(13-5-2-1-3-6-13)26-18-19-16(20-21-18)14-7-4-12-25-14/h1-7,12,15H,8-11H2,(H,19,20,21)/t15-/m1/s1. The zero-order chi connectivity index (χ0) is 17.8. The van der Waals surface area contributed by atoms with Crippen LogP contribution in [-0.4, -0.2) is 52.3 Å². The van der Waals surface area contributed by atoms with Crippen LogP contribution in [0.4, 0.5) is 0 Å². The number of carbonyl (C=O) groups is 1. The van der Waals surface area contributed by atoms with Crippen LogP contribution in [0.1, 0.15) is 10.8 Å². The van der Waals surface area contributed by atoms with Gasteiger partial charge in [-0.3, -0.25) is 9.89 Å². The number of H-pyrrole nitrogens is 1. The maximum Gasteiger partial charge on any atom is 0.240 e. The molecular formula is C18H18N4O2S2. The van der Waals surface area contributed by atoms with Gasteiger partial charge in [0.05, 0.1) is 18.1 Å². The third-order valence-electron chi connectivity index (χ3n) is 4.09. The van der Waals surface area contributed by atoms with Crippen molar-refractivity contribution in [3.05, 3.63) is 53.4 Å². The summed E-state index contributed by atoms with van der Waals surface area (Å²) < 4.78 is 5.37. The van der Waals surface area contributed by atoms with Gasteiger partial charge in [-0.05, 0) is 17.0 Å². The highest BCUT2D eigenvalue weighted by Crippen LogP contribution is 2.36. The fourth-order valence-corrected chi connectivity index (χ4v) is 4.43. The highest BCUT2D eigenvalue weighted by Gasteiger charge is 2.29. The molecule has 8 heteroatoms. The predicted molar refractivity (Wildman–Crippen MR) is 102 cm³/mol. The van der Waals surface area contributed by atoms with Gasteiger partial charge in [0.2, 0.25) is 11.1 Å². The van der Waals surface area contributed by atoms with E-state index >= 15 is 0 Å². The van der Waals surface area contributed by atoms with Crippen LogP contribution in [0.5, 0.6) is 0 Å². The lowest BCUT2D eigenvalue weighted by atomic mass is 10.1. The normalized spacial score (nSPS) is 15.8. The Balaban J connectivity index is 1.58. The second-order valence-corrected chi connectivity index (χ2v) is 7.81. The monoisotopic (exact) mass is 386 g/mol. The van der Waals surface area contributed by atoms with E-state index in [0.717, 1.165) is 16.3 Å². The lowest BCUT2D eigenvalue weighted by Crippen LogP contribution is -2.42. The Labute approximate surface area is 159 Å². The van der Waals surface area contributed by atoms with Gasteiger partial charge in [0.15, 0.2) is 5.82 Å². The van der Waals surface area contributed by atoms with E-state index in [1.807, 2.05) is 52.7 Å². The minimum Gasteiger partial charge on any atom is -0.378 e. The smallest absolute Gasteiger partial charge is 0.240 e. The zero-order valence-corrected chi connectivity index (χ0v) is 15.6. The Morgan fingerprint density at radius 3 is 2.73 bits per heavy atom. The highest BCUT2D eigenvalue weighted by atomic mass is 32.2. The van der Waals surface area contributed by atoms with Crippen molar-refractivity contribution in [3.8, 4) is 10.7 Å². The molecule has 1 aromatic carbocycles. The number of nitrogens with zero attached hydrogens (tertiary/aromatic N) is 3. The van der Waals surface area contributed by atoms with Crippen molar-refractivity contribution < 1.29 is 9.53 Å². The SMILES string of the molecule is O=C([C@H](Sc1n[nH]c(-c2cccs2)n1)c1ccccc1)N1CCOCC1. The molecule has 1 amide bonds. The summed E-state index contributed by atoms with van der Waals surface area (Å²) in [6.45, 7) is 2.41. The first kappa shape index (κ1) is 17.3. The molecule has 3 aromatic rings. The molecule has 1 aliphatic rings. The summed E-state index contributed by atoms with van der Waals surface area (Å²) in [6, 6.07) is 13.8.